The predicted octanol–water partition coefficient (Wildman–Crippen LogP) is 3.76. The van der Waals surface area contributed by atoms with Crippen molar-refractivity contribution in [2.24, 2.45) is 0 Å². The van der Waals surface area contributed by atoms with Crippen LogP contribution in [0.2, 0.25) is 5.02 Å². The highest BCUT2D eigenvalue weighted by Gasteiger charge is 2.22. The van der Waals surface area contributed by atoms with Gasteiger partial charge in [0.2, 0.25) is 0 Å². The lowest BCUT2D eigenvalue weighted by Gasteiger charge is -2.36. The number of hydrogen-bond acceptors (Lipinski definition) is 8. The van der Waals surface area contributed by atoms with Crippen LogP contribution in [0.4, 0.5) is 9.93 Å². The summed E-state index contributed by atoms with van der Waals surface area (Å²) in [5.74, 6) is -0.584. The molecule has 192 valence electrons. The van der Waals surface area contributed by atoms with Crippen molar-refractivity contribution < 1.29 is 18.0 Å². The highest BCUT2D eigenvalue weighted by atomic mass is 35.5. The minimum atomic E-state index is -3.46. The van der Waals surface area contributed by atoms with E-state index in [9.17, 15) is 18.0 Å². The lowest BCUT2D eigenvalue weighted by atomic mass is 10.1. The quantitative estimate of drug-likeness (QED) is 0.410. The summed E-state index contributed by atoms with van der Waals surface area (Å²) in [6, 6.07) is 11.1. The van der Waals surface area contributed by atoms with Crippen molar-refractivity contribution in [1.29, 1.82) is 0 Å². The van der Waals surface area contributed by atoms with Crippen molar-refractivity contribution in [3.05, 3.63) is 53.1 Å². The summed E-state index contributed by atoms with van der Waals surface area (Å²) in [4.78, 5) is 31.4. The van der Waals surface area contributed by atoms with Crippen LogP contribution in [0, 0.1) is 0 Å². The Morgan fingerprint density at radius 2 is 1.89 bits per heavy atom. The molecule has 1 aliphatic heterocycles. The number of rotatable bonds is 7. The van der Waals surface area contributed by atoms with E-state index in [0.29, 0.717) is 28.7 Å². The van der Waals surface area contributed by atoms with Crippen molar-refractivity contribution in [2.45, 2.75) is 37.2 Å². The number of sulfone groups is 1. The Kier molecular flexibility index (Phi) is 8.26. The molecule has 1 saturated heterocycles. The van der Waals surface area contributed by atoms with Gasteiger partial charge in [-0.15, -0.1) is 0 Å². The molecule has 2 atom stereocenters. The largest absolute Gasteiger partial charge is 0.327 e. The smallest absolute Gasteiger partial charge is 0.309 e. The summed E-state index contributed by atoms with van der Waals surface area (Å²) >= 11 is 7.12. The van der Waals surface area contributed by atoms with Crippen molar-refractivity contribution in [3.8, 4) is 0 Å². The number of carbonyl (C=O) groups excluding carboxylic acids is 2. The third-order valence-corrected chi connectivity index (χ3v) is 8.87. The van der Waals surface area contributed by atoms with Crippen LogP contribution in [-0.2, 0) is 9.84 Å². The number of nitrogens with one attached hydrogen (secondary N) is 3. The van der Waals surface area contributed by atoms with Gasteiger partial charge in [0.1, 0.15) is 0 Å². The number of carbonyl (C=O) groups is 2. The number of halogens is 1. The maximum absolute atomic E-state index is 12.9. The first-order valence-corrected chi connectivity index (χ1v) is 14.4. The molecule has 0 bridgehead atoms. The molecule has 0 saturated carbocycles. The van der Waals surface area contributed by atoms with Gasteiger partial charge in [-0.25, -0.2) is 18.2 Å². The molecule has 12 heteroatoms. The highest BCUT2D eigenvalue weighted by molar-refractivity contribution is 7.91. The molecule has 3 amide bonds. The Balaban J connectivity index is 1.36. The molecule has 3 aromatic rings. The molecular weight excluding hydrogens is 522 g/mol. The fraction of sp³-hybridized carbons (Fsp3) is 0.375. The number of hydrogen-bond donors (Lipinski definition) is 3. The van der Waals surface area contributed by atoms with Crippen LogP contribution in [-0.4, -0.2) is 67.7 Å². The lowest BCUT2D eigenvalue weighted by Crippen LogP contribution is -2.54. The number of piperazine rings is 1. The standard InChI is InChI=1S/C24H28ClN5O4S2/c1-15-13-30(14-16(2)26-15)10-5-11-36(33,34)17-8-9-20-21(12-17)35-24(27-20)29-23(32)28-22(31)18-6-3-4-7-19(18)25/h3-4,6-9,12,15-16,26H,5,10-11,13-14H2,1-2H3,(H2,27,28,29,31,32)/t15-,16+. The minimum Gasteiger partial charge on any atom is -0.309 e. The van der Waals surface area contributed by atoms with Gasteiger partial charge >= 0.3 is 6.03 Å². The van der Waals surface area contributed by atoms with E-state index in [4.69, 9.17) is 11.6 Å². The number of anilines is 1. The molecule has 4 rings (SSSR count). The fourth-order valence-corrected chi connectivity index (χ4v) is 6.83. The SMILES string of the molecule is C[C@@H]1CN(CCCS(=O)(=O)c2ccc3nc(NC(=O)NC(=O)c4ccccc4Cl)sc3c2)C[C@H](C)N1. The number of amides is 3. The van der Waals surface area contributed by atoms with E-state index < -0.39 is 21.8 Å². The van der Waals surface area contributed by atoms with E-state index in [1.54, 1.807) is 30.3 Å². The molecule has 0 aliphatic carbocycles. The van der Waals surface area contributed by atoms with Gasteiger partial charge < -0.3 is 10.2 Å². The summed E-state index contributed by atoms with van der Waals surface area (Å²) in [5.41, 5.74) is 0.727. The molecule has 0 unspecified atom stereocenters. The predicted molar refractivity (Wildman–Crippen MR) is 143 cm³/mol. The Morgan fingerprint density at radius 1 is 1.17 bits per heavy atom. The van der Waals surface area contributed by atoms with Gasteiger partial charge in [0.15, 0.2) is 15.0 Å². The average Bonchev–Trinajstić information content (AvgIpc) is 3.19. The molecular formula is C24H28ClN5O4S2. The van der Waals surface area contributed by atoms with Crippen molar-refractivity contribution in [3.63, 3.8) is 0 Å². The number of imide groups is 1. The van der Waals surface area contributed by atoms with E-state index in [0.717, 1.165) is 31.0 Å². The molecule has 0 radical (unpaired) electrons. The second-order valence-electron chi connectivity index (χ2n) is 8.94. The molecule has 1 aromatic heterocycles. The fourth-order valence-electron chi connectivity index (χ4n) is 4.31. The van der Waals surface area contributed by atoms with Gasteiger partial charge in [-0.1, -0.05) is 35.1 Å². The second kappa shape index (κ2) is 11.2. The van der Waals surface area contributed by atoms with Crippen molar-refractivity contribution in [2.75, 3.05) is 30.7 Å². The number of benzene rings is 2. The Morgan fingerprint density at radius 3 is 2.61 bits per heavy atom. The lowest BCUT2D eigenvalue weighted by molar-refractivity contribution is 0.0967. The first-order valence-electron chi connectivity index (χ1n) is 11.6. The van der Waals surface area contributed by atoms with E-state index in [2.05, 4.69) is 39.7 Å². The zero-order valence-electron chi connectivity index (χ0n) is 20.0. The third kappa shape index (κ3) is 6.60. The molecule has 9 nitrogen and oxygen atoms in total. The van der Waals surface area contributed by atoms with Crippen LogP contribution in [0.1, 0.15) is 30.6 Å². The van der Waals surface area contributed by atoms with Crippen LogP contribution in [0.3, 0.4) is 0 Å². The van der Waals surface area contributed by atoms with E-state index in [-0.39, 0.29) is 26.4 Å². The zero-order valence-corrected chi connectivity index (χ0v) is 22.3. The van der Waals surface area contributed by atoms with Crippen LogP contribution in [0.15, 0.2) is 47.4 Å². The molecule has 2 heterocycles. The second-order valence-corrected chi connectivity index (χ2v) is 12.5. The number of aromatic nitrogens is 1. The van der Waals surface area contributed by atoms with Crippen LogP contribution >= 0.6 is 22.9 Å². The first kappa shape index (κ1) is 26.5. The van der Waals surface area contributed by atoms with Gasteiger partial charge in [0.05, 0.1) is 31.5 Å². The number of fused-ring (bicyclic) bond motifs is 1. The molecule has 1 fully saturated rings. The summed E-state index contributed by atoms with van der Waals surface area (Å²) in [7, 11) is -3.46. The van der Waals surface area contributed by atoms with E-state index >= 15 is 0 Å². The van der Waals surface area contributed by atoms with E-state index in [1.165, 1.54) is 12.1 Å². The Labute approximate surface area is 219 Å². The number of thiazole rings is 1. The highest BCUT2D eigenvalue weighted by Crippen LogP contribution is 2.29. The summed E-state index contributed by atoms with van der Waals surface area (Å²) in [6.45, 7) is 6.81. The van der Waals surface area contributed by atoms with Crippen molar-refractivity contribution >= 4 is 60.1 Å². The molecule has 0 spiro atoms. The zero-order chi connectivity index (χ0) is 25.9. The monoisotopic (exact) mass is 549 g/mol. The molecule has 2 aromatic carbocycles. The maximum Gasteiger partial charge on any atom is 0.327 e. The molecule has 1 aliphatic rings. The van der Waals surface area contributed by atoms with Crippen molar-refractivity contribution in [1.82, 2.24) is 20.5 Å². The van der Waals surface area contributed by atoms with Gasteiger partial charge in [0, 0.05) is 25.2 Å². The average molecular weight is 550 g/mol. The van der Waals surface area contributed by atoms with Gasteiger partial charge in [0.25, 0.3) is 5.91 Å². The van der Waals surface area contributed by atoms with Crippen LogP contribution < -0.4 is 16.0 Å². The Bertz CT molecular complexity index is 1370. The maximum atomic E-state index is 12.9. The molecule has 36 heavy (non-hydrogen) atoms. The molecule has 3 N–H and O–H groups in total. The summed E-state index contributed by atoms with van der Waals surface area (Å²) in [5, 5.41) is 8.68. The van der Waals surface area contributed by atoms with E-state index in [1.807, 2.05) is 0 Å². The van der Waals surface area contributed by atoms with Crippen LogP contribution in [0.5, 0.6) is 0 Å². The topological polar surface area (TPSA) is 120 Å². The number of urea groups is 1. The van der Waals surface area contributed by atoms with Crippen LogP contribution in [0.25, 0.3) is 10.2 Å². The number of nitrogens with zero attached hydrogens (tertiary/aromatic N) is 2. The first-order chi connectivity index (χ1) is 17.1. The summed E-state index contributed by atoms with van der Waals surface area (Å²) in [6.07, 6.45) is 0.551. The van der Waals surface area contributed by atoms with Gasteiger partial charge in [-0.3, -0.25) is 15.4 Å². The van der Waals surface area contributed by atoms with Gasteiger partial charge in [-0.2, -0.15) is 0 Å². The summed E-state index contributed by atoms with van der Waals surface area (Å²) < 4.78 is 26.5. The Hall–Kier alpha value is -2.57. The normalized spacial score (nSPS) is 18.8. The van der Waals surface area contributed by atoms with Gasteiger partial charge in [-0.05, 0) is 57.1 Å². The third-order valence-electron chi connectivity index (χ3n) is 5.81. The minimum absolute atomic E-state index is 0.0572.